The fourth-order valence-corrected chi connectivity index (χ4v) is 1.96. The largest absolute Gasteiger partial charge is 0.301 e. The lowest BCUT2D eigenvalue weighted by molar-refractivity contribution is 0.590. The zero-order chi connectivity index (χ0) is 14.0. The van der Waals surface area contributed by atoms with Gasteiger partial charge < -0.3 is 5.43 Å². The lowest BCUT2D eigenvalue weighted by Crippen LogP contribution is -2.12. The third-order valence-electron chi connectivity index (χ3n) is 2.32. The van der Waals surface area contributed by atoms with E-state index in [1.807, 2.05) is 6.07 Å². The first-order valence-electron chi connectivity index (χ1n) is 5.11. The smallest absolute Gasteiger partial charge is 0.171 e. The molecule has 0 aromatic heterocycles. The first-order chi connectivity index (χ1) is 9.02. The van der Waals surface area contributed by atoms with Gasteiger partial charge in [-0.1, -0.05) is 53.0 Å². The van der Waals surface area contributed by atoms with E-state index in [1.165, 1.54) is 0 Å². The molecule has 0 saturated heterocycles. The van der Waals surface area contributed by atoms with Crippen molar-refractivity contribution in [2.45, 2.75) is 0 Å². The normalized spacial score (nSPS) is 10.4. The molecule has 0 radical (unpaired) electrons. The Morgan fingerprint density at radius 1 is 0.737 bits per heavy atom. The van der Waals surface area contributed by atoms with Crippen molar-refractivity contribution in [2.24, 2.45) is 0 Å². The maximum Gasteiger partial charge on any atom is 0.171 e. The minimum absolute atomic E-state index is 0.358. The first kappa shape index (κ1) is 14.2. The maximum atomic E-state index is 13.8. The average molecular weight is 324 g/mol. The van der Waals surface area contributed by atoms with Gasteiger partial charge in [0.25, 0.3) is 0 Å². The summed E-state index contributed by atoms with van der Waals surface area (Å²) in [5, 5.41) is -1.24. The Hall–Kier alpha value is -1.23. The van der Waals surface area contributed by atoms with Gasteiger partial charge >= 0.3 is 0 Å². The molecule has 2 N–H and O–H groups in total. The van der Waals surface area contributed by atoms with E-state index in [1.54, 1.807) is 24.3 Å². The highest BCUT2D eigenvalue weighted by Crippen LogP contribution is 2.39. The Kier molecular flexibility index (Phi) is 4.34. The molecule has 0 saturated carbocycles. The molecule has 100 valence electrons. The Labute approximate surface area is 123 Å². The number of halogens is 5. The standard InChI is InChI=1S/C12H7Cl3F2N2/c13-7-8(14)10(16)12(11(17)9(7)15)19-18-6-4-2-1-3-5-6/h1-5,18-19H. The molecule has 19 heavy (non-hydrogen) atoms. The molecule has 0 atom stereocenters. The minimum Gasteiger partial charge on any atom is -0.301 e. The number of para-hydroxylation sites is 1. The summed E-state index contributed by atoms with van der Waals surface area (Å²) in [5.74, 6) is -2.03. The third-order valence-corrected chi connectivity index (χ3v) is 3.60. The fourth-order valence-electron chi connectivity index (χ4n) is 1.37. The van der Waals surface area contributed by atoms with Crippen LogP contribution in [0.1, 0.15) is 0 Å². The van der Waals surface area contributed by atoms with E-state index in [2.05, 4.69) is 10.9 Å². The average Bonchev–Trinajstić information content (AvgIpc) is 2.44. The highest BCUT2D eigenvalue weighted by atomic mass is 35.5. The van der Waals surface area contributed by atoms with Crippen LogP contribution in [-0.4, -0.2) is 0 Å². The zero-order valence-corrected chi connectivity index (χ0v) is 11.5. The first-order valence-corrected chi connectivity index (χ1v) is 6.24. The second-order valence-corrected chi connectivity index (χ2v) is 4.69. The van der Waals surface area contributed by atoms with Gasteiger partial charge in [-0.05, 0) is 12.1 Å². The molecule has 0 amide bonds. The van der Waals surface area contributed by atoms with Crippen LogP contribution in [-0.2, 0) is 0 Å². The fraction of sp³-hybridized carbons (Fsp3) is 0. The molecule has 2 aromatic carbocycles. The summed E-state index contributed by atoms with van der Waals surface area (Å²) in [7, 11) is 0. The summed E-state index contributed by atoms with van der Waals surface area (Å²) in [5.41, 5.74) is 5.12. The molecule has 0 spiro atoms. The van der Waals surface area contributed by atoms with Crippen molar-refractivity contribution in [3.05, 3.63) is 57.0 Å². The molecule has 0 heterocycles. The van der Waals surface area contributed by atoms with E-state index in [4.69, 9.17) is 34.8 Å². The Morgan fingerprint density at radius 3 is 1.79 bits per heavy atom. The monoisotopic (exact) mass is 322 g/mol. The van der Waals surface area contributed by atoms with E-state index in [0.29, 0.717) is 5.69 Å². The van der Waals surface area contributed by atoms with Gasteiger partial charge in [0.2, 0.25) is 0 Å². The molecule has 2 aromatic rings. The van der Waals surface area contributed by atoms with Crippen LogP contribution in [0.2, 0.25) is 15.1 Å². The second kappa shape index (κ2) is 5.82. The van der Waals surface area contributed by atoms with Gasteiger partial charge in [0, 0.05) is 0 Å². The van der Waals surface area contributed by atoms with Crippen LogP contribution in [0, 0.1) is 11.6 Å². The predicted molar refractivity (Wildman–Crippen MR) is 75.1 cm³/mol. The number of hydrogen-bond acceptors (Lipinski definition) is 2. The topological polar surface area (TPSA) is 24.1 Å². The molecule has 2 rings (SSSR count). The Balaban J connectivity index is 2.31. The molecular weight excluding hydrogens is 317 g/mol. The molecule has 0 fully saturated rings. The molecular formula is C12H7Cl3F2N2. The van der Waals surface area contributed by atoms with Gasteiger partial charge in [-0.2, -0.15) is 0 Å². The third kappa shape index (κ3) is 2.86. The van der Waals surface area contributed by atoms with Crippen molar-refractivity contribution < 1.29 is 8.78 Å². The lowest BCUT2D eigenvalue weighted by Gasteiger charge is -2.14. The van der Waals surface area contributed by atoms with Gasteiger partial charge in [0.15, 0.2) is 11.6 Å². The summed E-state index contributed by atoms with van der Waals surface area (Å²) < 4.78 is 27.6. The van der Waals surface area contributed by atoms with Crippen LogP contribution in [0.15, 0.2) is 30.3 Å². The van der Waals surface area contributed by atoms with Crippen LogP contribution < -0.4 is 10.9 Å². The van der Waals surface area contributed by atoms with Crippen molar-refractivity contribution in [1.82, 2.24) is 0 Å². The molecule has 0 aliphatic rings. The van der Waals surface area contributed by atoms with Crippen LogP contribution in [0.4, 0.5) is 20.2 Å². The van der Waals surface area contributed by atoms with E-state index < -0.39 is 27.4 Å². The second-order valence-electron chi connectivity index (χ2n) is 3.56. The van der Waals surface area contributed by atoms with Gasteiger partial charge in [-0.15, -0.1) is 0 Å². The number of anilines is 2. The summed E-state index contributed by atoms with van der Waals surface area (Å²) in [6, 6.07) is 8.75. The predicted octanol–water partition coefficient (Wildman–Crippen LogP) is 5.36. The SMILES string of the molecule is Fc1c(Cl)c(Cl)c(Cl)c(F)c1NNc1ccccc1. The lowest BCUT2D eigenvalue weighted by atomic mass is 10.3. The van der Waals surface area contributed by atoms with Crippen molar-refractivity contribution in [3.8, 4) is 0 Å². The molecule has 2 nitrogen and oxygen atoms in total. The maximum absolute atomic E-state index is 13.8. The molecule has 0 bridgehead atoms. The van der Waals surface area contributed by atoms with Gasteiger partial charge in [-0.3, -0.25) is 5.43 Å². The van der Waals surface area contributed by atoms with Crippen LogP contribution in [0.5, 0.6) is 0 Å². The minimum atomic E-state index is -1.02. The van der Waals surface area contributed by atoms with E-state index in [0.717, 1.165) is 0 Å². The summed E-state index contributed by atoms with van der Waals surface area (Å²) in [6.07, 6.45) is 0. The van der Waals surface area contributed by atoms with Gasteiger partial charge in [0.1, 0.15) is 5.69 Å². The van der Waals surface area contributed by atoms with E-state index in [-0.39, 0.29) is 5.02 Å². The molecule has 0 aliphatic carbocycles. The van der Waals surface area contributed by atoms with Crippen molar-refractivity contribution in [1.29, 1.82) is 0 Å². The number of nitrogens with one attached hydrogen (secondary N) is 2. The van der Waals surface area contributed by atoms with Crippen LogP contribution in [0.3, 0.4) is 0 Å². The van der Waals surface area contributed by atoms with Crippen LogP contribution in [0.25, 0.3) is 0 Å². The van der Waals surface area contributed by atoms with E-state index >= 15 is 0 Å². The van der Waals surface area contributed by atoms with Gasteiger partial charge in [-0.25, -0.2) is 8.78 Å². The molecule has 0 unspecified atom stereocenters. The highest BCUT2D eigenvalue weighted by molar-refractivity contribution is 6.48. The Bertz CT molecular complexity index is 577. The number of rotatable bonds is 3. The van der Waals surface area contributed by atoms with Crippen LogP contribution >= 0.6 is 34.8 Å². The zero-order valence-electron chi connectivity index (χ0n) is 9.28. The summed E-state index contributed by atoms with van der Waals surface area (Å²) in [4.78, 5) is 0. The number of hydrogen-bond donors (Lipinski definition) is 2. The Morgan fingerprint density at radius 2 is 1.26 bits per heavy atom. The van der Waals surface area contributed by atoms with Crippen molar-refractivity contribution >= 4 is 46.2 Å². The number of hydrazine groups is 1. The van der Waals surface area contributed by atoms with Crippen molar-refractivity contribution in [2.75, 3.05) is 10.9 Å². The highest BCUT2D eigenvalue weighted by Gasteiger charge is 2.21. The summed E-state index contributed by atoms with van der Waals surface area (Å²) in [6.45, 7) is 0. The molecule has 7 heteroatoms. The molecule has 0 aliphatic heterocycles. The summed E-state index contributed by atoms with van der Waals surface area (Å²) >= 11 is 16.8. The quantitative estimate of drug-likeness (QED) is 0.451. The van der Waals surface area contributed by atoms with E-state index in [9.17, 15) is 8.78 Å². The number of benzene rings is 2. The van der Waals surface area contributed by atoms with Gasteiger partial charge in [0.05, 0.1) is 20.8 Å². The van der Waals surface area contributed by atoms with Crippen molar-refractivity contribution in [3.63, 3.8) is 0 Å².